The minimum Gasteiger partial charge on any atom is -0.265 e. The molecule has 0 unspecified atom stereocenters. The first kappa shape index (κ1) is 9.47. The van der Waals surface area contributed by atoms with Crippen LogP contribution in [0.4, 0.5) is 0 Å². The summed E-state index contributed by atoms with van der Waals surface area (Å²) in [5, 5.41) is 8.23. The van der Waals surface area contributed by atoms with Crippen molar-refractivity contribution >= 4 is 21.6 Å². The van der Waals surface area contributed by atoms with Gasteiger partial charge in [-0.15, -0.1) is 10.2 Å². The molecule has 0 aliphatic heterocycles. The summed E-state index contributed by atoms with van der Waals surface area (Å²) in [6.45, 7) is 0. The van der Waals surface area contributed by atoms with Crippen LogP contribution >= 0.6 is 15.9 Å². The van der Waals surface area contributed by atoms with Crippen molar-refractivity contribution in [1.82, 2.24) is 19.6 Å². The molecule has 0 atom stereocenters. The van der Waals surface area contributed by atoms with Crippen LogP contribution in [0.1, 0.15) is 0 Å². The third-order valence-electron chi connectivity index (χ3n) is 2.32. The van der Waals surface area contributed by atoms with Crippen molar-refractivity contribution in [3.63, 3.8) is 0 Å². The predicted molar refractivity (Wildman–Crippen MR) is 63.9 cm³/mol. The van der Waals surface area contributed by atoms with Gasteiger partial charge in [0.25, 0.3) is 0 Å². The first-order valence-electron chi connectivity index (χ1n) is 4.75. The molecule has 0 aliphatic carbocycles. The number of hydrogen-bond donors (Lipinski definition) is 0. The van der Waals surface area contributed by atoms with Crippen LogP contribution in [0.2, 0.25) is 0 Å². The number of nitrogens with zero attached hydrogens (tertiary/aromatic N) is 4. The highest BCUT2D eigenvalue weighted by Gasteiger charge is 2.06. The highest BCUT2D eigenvalue weighted by molar-refractivity contribution is 9.10. The topological polar surface area (TPSA) is 43.1 Å². The summed E-state index contributed by atoms with van der Waals surface area (Å²) in [7, 11) is 0. The number of fused-ring (bicyclic) bond motifs is 1. The molecule has 78 valence electrons. The van der Waals surface area contributed by atoms with Gasteiger partial charge >= 0.3 is 0 Å². The Morgan fingerprint density at radius 1 is 1.00 bits per heavy atom. The van der Waals surface area contributed by atoms with Crippen LogP contribution in [-0.2, 0) is 0 Å². The molecule has 0 N–H and O–H groups in total. The van der Waals surface area contributed by atoms with E-state index in [1.54, 1.807) is 12.5 Å². The quantitative estimate of drug-likeness (QED) is 0.685. The maximum atomic E-state index is 4.15. The summed E-state index contributed by atoms with van der Waals surface area (Å²) in [4.78, 5) is 4.06. The molecule has 0 spiro atoms. The monoisotopic (exact) mass is 274 g/mol. The van der Waals surface area contributed by atoms with E-state index in [-0.39, 0.29) is 0 Å². The third-order valence-corrected chi connectivity index (χ3v) is 2.85. The molecule has 3 rings (SSSR count). The van der Waals surface area contributed by atoms with E-state index in [1.807, 2.05) is 34.7 Å². The highest BCUT2D eigenvalue weighted by Crippen LogP contribution is 2.20. The Morgan fingerprint density at radius 2 is 1.81 bits per heavy atom. The molecule has 0 radical (unpaired) electrons. The molecule has 2 heterocycles. The maximum absolute atomic E-state index is 4.15. The van der Waals surface area contributed by atoms with Gasteiger partial charge in [-0.2, -0.15) is 0 Å². The molecule has 16 heavy (non-hydrogen) atoms. The van der Waals surface area contributed by atoms with Crippen molar-refractivity contribution in [3.8, 4) is 11.4 Å². The number of aromatic nitrogens is 4. The summed E-state index contributed by atoms with van der Waals surface area (Å²) >= 11 is 3.40. The van der Waals surface area contributed by atoms with Gasteiger partial charge in [0.05, 0.1) is 0 Å². The fraction of sp³-hybridized carbons (Fsp3) is 0. The summed E-state index contributed by atoms with van der Waals surface area (Å²) in [6, 6.07) is 9.77. The van der Waals surface area contributed by atoms with E-state index in [0.717, 1.165) is 21.5 Å². The Hall–Kier alpha value is -1.75. The minimum atomic E-state index is 0.799. The Morgan fingerprint density at radius 3 is 2.62 bits per heavy atom. The molecule has 3 aromatic rings. The van der Waals surface area contributed by atoms with Gasteiger partial charge in [0, 0.05) is 22.3 Å². The van der Waals surface area contributed by atoms with E-state index in [0.29, 0.717) is 0 Å². The minimum absolute atomic E-state index is 0.799. The highest BCUT2D eigenvalue weighted by atomic mass is 79.9. The number of hydrogen-bond acceptors (Lipinski definition) is 3. The molecular formula is C11H7BrN4. The summed E-state index contributed by atoms with van der Waals surface area (Å²) in [6.07, 6.45) is 3.42. The van der Waals surface area contributed by atoms with E-state index >= 15 is 0 Å². The molecular weight excluding hydrogens is 268 g/mol. The average molecular weight is 275 g/mol. The molecule has 0 bridgehead atoms. The molecule has 0 saturated carbocycles. The van der Waals surface area contributed by atoms with Gasteiger partial charge in [-0.25, -0.2) is 4.98 Å². The van der Waals surface area contributed by atoms with Crippen LogP contribution in [0.15, 0.2) is 47.3 Å². The van der Waals surface area contributed by atoms with Gasteiger partial charge in [-0.1, -0.05) is 28.1 Å². The molecule has 0 amide bonds. The normalized spacial score (nSPS) is 10.8. The lowest BCUT2D eigenvalue weighted by atomic mass is 10.2. The fourth-order valence-electron chi connectivity index (χ4n) is 1.54. The average Bonchev–Trinajstić information content (AvgIpc) is 2.74. The molecule has 0 fully saturated rings. The smallest absolute Gasteiger partial charge is 0.169 e. The molecule has 0 saturated heterocycles. The SMILES string of the molecule is Brc1ccc(-c2nnc3ccncn23)cc1. The van der Waals surface area contributed by atoms with Gasteiger partial charge in [-0.05, 0) is 12.1 Å². The Labute approximate surface area is 100 Å². The maximum Gasteiger partial charge on any atom is 0.169 e. The van der Waals surface area contributed by atoms with Crippen LogP contribution < -0.4 is 0 Å². The lowest BCUT2D eigenvalue weighted by molar-refractivity contribution is 1.08. The van der Waals surface area contributed by atoms with Gasteiger partial charge in [0.1, 0.15) is 6.33 Å². The van der Waals surface area contributed by atoms with Crippen molar-refractivity contribution in [2.75, 3.05) is 0 Å². The Bertz CT molecular complexity index is 630. The molecule has 5 heteroatoms. The first-order valence-corrected chi connectivity index (χ1v) is 5.54. The zero-order valence-electron chi connectivity index (χ0n) is 8.21. The van der Waals surface area contributed by atoms with Crippen LogP contribution in [0.25, 0.3) is 17.0 Å². The summed E-state index contributed by atoms with van der Waals surface area (Å²) in [5.74, 6) is 0.801. The lowest BCUT2D eigenvalue weighted by Gasteiger charge is -1.98. The molecule has 4 nitrogen and oxygen atoms in total. The fourth-order valence-corrected chi connectivity index (χ4v) is 1.81. The second-order valence-corrected chi connectivity index (χ2v) is 4.25. The van der Waals surface area contributed by atoms with Crippen LogP contribution in [-0.4, -0.2) is 19.6 Å². The number of rotatable bonds is 1. The third kappa shape index (κ3) is 1.49. The van der Waals surface area contributed by atoms with Crippen molar-refractivity contribution in [1.29, 1.82) is 0 Å². The second-order valence-electron chi connectivity index (χ2n) is 3.34. The van der Waals surface area contributed by atoms with Crippen molar-refractivity contribution < 1.29 is 0 Å². The summed E-state index contributed by atoms with van der Waals surface area (Å²) in [5.41, 5.74) is 1.82. The number of benzene rings is 1. The zero-order valence-corrected chi connectivity index (χ0v) is 9.79. The lowest BCUT2D eigenvalue weighted by Crippen LogP contribution is -1.89. The van der Waals surface area contributed by atoms with E-state index < -0.39 is 0 Å². The van der Waals surface area contributed by atoms with Gasteiger partial charge in [0.15, 0.2) is 11.5 Å². The van der Waals surface area contributed by atoms with Gasteiger partial charge in [0.2, 0.25) is 0 Å². The molecule has 2 aromatic heterocycles. The van der Waals surface area contributed by atoms with E-state index in [1.165, 1.54) is 0 Å². The summed E-state index contributed by atoms with van der Waals surface area (Å²) < 4.78 is 2.91. The van der Waals surface area contributed by atoms with Crippen molar-refractivity contribution in [2.45, 2.75) is 0 Å². The van der Waals surface area contributed by atoms with E-state index in [9.17, 15) is 0 Å². The van der Waals surface area contributed by atoms with Crippen LogP contribution in [0.3, 0.4) is 0 Å². The molecule has 0 aliphatic rings. The predicted octanol–water partition coefficient (Wildman–Crippen LogP) is 2.55. The number of halogens is 1. The van der Waals surface area contributed by atoms with Gasteiger partial charge in [-0.3, -0.25) is 4.40 Å². The Kier molecular flexibility index (Phi) is 2.18. The van der Waals surface area contributed by atoms with E-state index in [4.69, 9.17) is 0 Å². The van der Waals surface area contributed by atoms with Gasteiger partial charge < -0.3 is 0 Å². The Balaban J connectivity index is 2.22. The standard InChI is InChI=1S/C11H7BrN4/c12-9-3-1-8(2-4-9)11-15-14-10-5-6-13-7-16(10)11/h1-7H. The zero-order chi connectivity index (χ0) is 11.0. The van der Waals surface area contributed by atoms with Crippen molar-refractivity contribution in [3.05, 3.63) is 47.3 Å². The van der Waals surface area contributed by atoms with E-state index in [2.05, 4.69) is 31.1 Å². The van der Waals surface area contributed by atoms with Crippen LogP contribution in [0, 0.1) is 0 Å². The van der Waals surface area contributed by atoms with Crippen molar-refractivity contribution in [2.24, 2.45) is 0 Å². The van der Waals surface area contributed by atoms with Crippen LogP contribution in [0.5, 0.6) is 0 Å². The largest absolute Gasteiger partial charge is 0.265 e. The molecule has 1 aromatic carbocycles. The first-order chi connectivity index (χ1) is 7.84. The second kappa shape index (κ2) is 3.68.